The molecule has 0 unspecified atom stereocenters. The van der Waals surface area contributed by atoms with Crippen molar-refractivity contribution in [1.29, 1.82) is 0 Å². The number of methoxy groups -OCH3 is 1. The first kappa shape index (κ1) is 25.6. The molecule has 2 aliphatic rings. The van der Waals surface area contributed by atoms with E-state index in [-0.39, 0.29) is 25.5 Å². The highest BCUT2D eigenvalue weighted by atomic mass is 16.5. The number of fused-ring (bicyclic) bond motifs is 4. The van der Waals surface area contributed by atoms with Gasteiger partial charge in [0.25, 0.3) is 0 Å². The van der Waals surface area contributed by atoms with E-state index in [9.17, 15) is 19.5 Å². The summed E-state index contributed by atoms with van der Waals surface area (Å²) >= 11 is 0. The summed E-state index contributed by atoms with van der Waals surface area (Å²) in [5, 5.41) is 14.2. The van der Waals surface area contributed by atoms with Crippen molar-refractivity contribution >= 4 is 28.9 Å². The molecule has 4 aromatic rings. The van der Waals surface area contributed by atoms with Crippen LogP contribution in [0.4, 0.5) is 4.79 Å². The van der Waals surface area contributed by atoms with E-state index < -0.39 is 36.2 Å². The van der Waals surface area contributed by atoms with Crippen LogP contribution in [-0.2, 0) is 25.5 Å². The van der Waals surface area contributed by atoms with Gasteiger partial charge in [-0.1, -0.05) is 66.7 Å². The van der Waals surface area contributed by atoms with Crippen LogP contribution in [0.1, 0.15) is 22.6 Å². The van der Waals surface area contributed by atoms with Gasteiger partial charge in [0.1, 0.15) is 24.8 Å². The minimum absolute atomic E-state index is 0.0753. The number of aliphatic hydroxyl groups excluding tert-OH is 1. The number of amides is 2. The van der Waals surface area contributed by atoms with Crippen LogP contribution in [0, 0.1) is 0 Å². The lowest BCUT2D eigenvalue weighted by atomic mass is 9.98. The number of hydrogen-bond acceptors (Lipinski definition) is 6. The Morgan fingerprint density at radius 1 is 1.02 bits per heavy atom. The fourth-order valence-electron chi connectivity index (χ4n) is 5.91. The van der Waals surface area contributed by atoms with Crippen molar-refractivity contribution in [1.82, 2.24) is 15.2 Å². The molecule has 9 nitrogen and oxygen atoms in total. The largest absolute Gasteiger partial charge is 0.467 e. The van der Waals surface area contributed by atoms with Crippen LogP contribution in [0.25, 0.3) is 22.0 Å². The summed E-state index contributed by atoms with van der Waals surface area (Å²) in [6.45, 7) is -0.0544. The molecule has 0 bridgehead atoms. The first-order chi connectivity index (χ1) is 19.5. The number of carbonyl (C=O) groups is 3. The molecule has 9 heteroatoms. The zero-order valence-corrected chi connectivity index (χ0v) is 21.9. The molecular weight excluding hydrogens is 510 g/mol. The molecule has 1 fully saturated rings. The summed E-state index contributed by atoms with van der Waals surface area (Å²) in [5.41, 5.74) is 6.09. The van der Waals surface area contributed by atoms with E-state index in [1.807, 2.05) is 72.8 Å². The van der Waals surface area contributed by atoms with E-state index in [1.165, 1.54) is 12.0 Å². The number of rotatable bonds is 7. The minimum Gasteiger partial charge on any atom is -0.467 e. The predicted octanol–water partition coefficient (Wildman–Crippen LogP) is 3.36. The lowest BCUT2D eigenvalue weighted by molar-refractivity contribution is -0.151. The van der Waals surface area contributed by atoms with Gasteiger partial charge in [0.15, 0.2) is 0 Å². The van der Waals surface area contributed by atoms with Crippen LogP contribution in [0.3, 0.4) is 0 Å². The maximum atomic E-state index is 13.4. The normalized spacial score (nSPS) is 18.9. The van der Waals surface area contributed by atoms with Crippen molar-refractivity contribution < 1.29 is 29.0 Å². The number of aliphatic hydroxyl groups is 1. The highest BCUT2D eigenvalue weighted by molar-refractivity contribution is 5.93. The Labute approximate surface area is 230 Å². The van der Waals surface area contributed by atoms with Crippen molar-refractivity contribution in [2.45, 2.75) is 30.5 Å². The Bertz CT molecular complexity index is 1550. The zero-order valence-electron chi connectivity index (χ0n) is 21.9. The average Bonchev–Trinajstić information content (AvgIpc) is 3.62. The van der Waals surface area contributed by atoms with Gasteiger partial charge in [0.05, 0.1) is 13.7 Å². The standard InChI is InChI=1S/C31H29N3O6/c1-39-30(37)26(14-18-15-32-25-13-7-6-8-19(18)25)34-16-27(35)28(29(34)36)33-31(38)40-17-24-22-11-4-2-9-20(22)21-10-3-5-12-23(21)24/h2-13,15,24,26-28,32,35H,14,16-17H2,1H3,(H,33,38)/t26-,27+,28-/m0/s1. The summed E-state index contributed by atoms with van der Waals surface area (Å²) in [6, 6.07) is 21.4. The number of carbonyl (C=O) groups excluding carboxylic acids is 3. The van der Waals surface area contributed by atoms with Gasteiger partial charge in [-0.15, -0.1) is 0 Å². The topological polar surface area (TPSA) is 121 Å². The smallest absolute Gasteiger partial charge is 0.407 e. The van der Waals surface area contributed by atoms with E-state index in [4.69, 9.17) is 9.47 Å². The lowest BCUT2D eigenvalue weighted by Gasteiger charge is -2.25. The number of benzene rings is 3. The molecular formula is C31H29N3O6. The van der Waals surface area contributed by atoms with Crippen molar-refractivity contribution in [2.75, 3.05) is 20.3 Å². The van der Waals surface area contributed by atoms with Crippen LogP contribution in [0.5, 0.6) is 0 Å². The molecule has 1 aromatic heterocycles. The fourth-order valence-corrected chi connectivity index (χ4v) is 5.91. The van der Waals surface area contributed by atoms with Gasteiger partial charge in [0.2, 0.25) is 5.91 Å². The molecule has 0 spiro atoms. The number of hydrogen-bond donors (Lipinski definition) is 3. The van der Waals surface area contributed by atoms with Crippen molar-refractivity contribution in [3.63, 3.8) is 0 Å². The Kier molecular flexibility index (Phi) is 6.73. The molecule has 1 saturated heterocycles. The second-order valence-corrected chi connectivity index (χ2v) is 10.1. The van der Waals surface area contributed by atoms with Crippen LogP contribution in [0.2, 0.25) is 0 Å². The number of para-hydroxylation sites is 1. The van der Waals surface area contributed by atoms with E-state index in [0.29, 0.717) is 0 Å². The summed E-state index contributed by atoms with van der Waals surface area (Å²) in [4.78, 5) is 43.4. The van der Waals surface area contributed by atoms with Crippen LogP contribution < -0.4 is 5.32 Å². The maximum Gasteiger partial charge on any atom is 0.407 e. The third-order valence-corrected chi connectivity index (χ3v) is 7.87. The lowest BCUT2D eigenvalue weighted by Crippen LogP contribution is -2.49. The van der Waals surface area contributed by atoms with E-state index in [2.05, 4.69) is 10.3 Å². The van der Waals surface area contributed by atoms with E-state index in [0.717, 1.165) is 38.7 Å². The van der Waals surface area contributed by atoms with Gasteiger partial charge < -0.3 is 29.8 Å². The van der Waals surface area contributed by atoms with Crippen LogP contribution in [0.15, 0.2) is 79.0 Å². The Hall–Kier alpha value is -4.63. The van der Waals surface area contributed by atoms with Crippen LogP contribution >= 0.6 is 0 Å². The molecule has 0 radical (unpaired) electrons. The van der Waals surface area contributed by atoms with Crippen molar-refractivity contribution in [3.05, 3.63) is 95.7 Å². The summed E-state index contributed by atoms with van der Waals surface area (Å²) < 4.78 is 10.6. The third kappa shape index (κ3) is 4.48. The molecule has 2 heterocycles. The molecule has 204 valence electrons. The Balaban J connectivity index is 1.14. The number of esters is 1. The first-order valence-corrected chi connectivity index (χ1v) is 13.2. The molecule has 40 heavy (non-hydrogen) atoms. The molecule has 1 aliphatic heterocycles. The Morgan fingerprint density at radius 2 is 1.68 bits per heavy atom. The van der Waals surface area contributed by atoms with Crippen molar-refractivity contribution in [2.24, 2.45) is 0 Å². The molecule has 2 amide bonds. The monoisotopic (exact) mass is 539 g/mol. The van der Waals surface area contributed by atoms with Gasteiger partial charge in [-0.25, -0.2) is 9.59 Å². The quantitative estimate of drug-likeness (QED) is 0.310. The number of aromatic amines is 1. The van der Waals surface area contributed by atoms with Gasteiger partial charge in [-0.05, 0) is 33.9 Å². The average molecular weight is 540 g/mol. The summed E-state index contributed by atoms with van der Waals surface area (Å²) in [6.07, 6.45) is -0.0490. The second-order valence-electron chi connectivity index (χ2n) is 10.1. The number of alkyl carbamates (subject to hydrolysis) is 1. The summed E-state index contributed by atoms with van der Waals surface area (Å²) in [5.74, 6) is -1.32. The minimum atomic E-state index is -1.24. The van der Waals surface area contributed by atoms with Gasteiger partial charge in [-0.2, -0.15) is 0 Å². The number of likely N-dealkylation sites (tertiary alicyclic amines) is 1. The SMILES string of the molecule is COC(=O)[C@H](Cc1c[nH]c2ccccc12)N1C[C@@H](O)[C@H](NC(=O)OCC2c3ccccc3-c3ccccc32)C1=O. The third-order valence-electron chi connectivity index (χ3n) is 7.87. The number of aromatic nitrogens is 1. The van der Waals surface area contributed by atoms with Gasteiger partial charge in [0, 0.05) is 29.4 Å². The number of nitrogens with one attached hydrogen (secondary N) is 2. The molecule has 3 atom stereocenters. The number of β-amino-alcohol motifs (C(OH)–C–C–N with tert-alkyl or cyclic N) is 1. The number of nitrogens with zero attached hydrogens (tertiary/aromatic N) is 1. The molecule has 3 N–H and O–H groups in total. The maximum absolute atomic E-state index is 13.4. The first-order valence-electron chi connectivity index (χ1n) is 13.2. The van der Waals surface area contributed by atoms with Crippen molar-refractivity contribution in [3.8, 4) is 11.1 Å². The number of ether oxygens (including phenoxy) is 2. The van der Waals surface area contributed by atoms with Crippen LogP contribution in [-0.4, -0.2) is 71.4 Å². The predicted molar refractivity (Wildman–Crippen MR) is 148 cm³/mol. The fraction of sp³-hybridized carbons (Fsp3) is 0.258. The molecule has 0 saturated carbocycles. The number of H-pyrrole nitrogens is 1. The summed E-state index contributed by atoms with van der Waals surface area (Å²) in [7, 11) is 1.26. The Morgan fingerprint density at radius 3 is 2.38 bits per heavy atom. The molecule has 3 aromatic carbocycles. The zero-order chi connectivity index (χ0) is 27.8. The molecule has 6 rings (SSSR count). The molecule has 1 aliphatic carbocycles. The highest BCUT2D eigenvalue weighted by Crippen LogP contribution is 2.44. The van der Waals surface area contributed by atoms with E-state index in [1.54, 1.807) is 6.20 Å². The van der Waals surface area contributed by atoms with Gasteiger partial charge in [-0.3, -0.25) is 4.79 Å². The highest BCUT2D eigenvalue weighted by Gasteiger charge is 2.46. The second kappa shape index (κ2) is 10.5. The van der Waals surface area contributed by atoms with Gasteiger partial charge >= 0.3 is 12.1 Å². The van der Waals surface area contributed by atoms with E-state index >= 15 is 0 Å².